The van der Waals surface area contributed by atoms with Gasteiger partial charge in [-0.15, -0.1) is 0 Å². The molecule has 0 fully saturated rings. The van der Waals surface area contributed by atoms with Crippen molar-refractivity contribution in [1.29, 1.82) is 5.26 Å². The molecule has 23 heavy (non-hydrogen) atoms. The summed E-state index contributed by atoms with van der Waals surface area (Å²) in [5.74, 6) is 0.0534. The van der Waals surface area contributed by atoms with Crippen molar-refractivity contribution in [1.82, 2.24) is 4.98 Å². The second-order valence-electron chi connectivity index (χ2n) is 5.00. The molecule has 1 aromatic carbocycles. The number of nitriles is 1. The average Bonchev–Trinajstić information content (AvgIpc) is 2.52. The van der Waals surface area contributed by atoms with Gasteiger partial charge >= 0.3 is 6.18 Å². The second-order valence-corrected chi connectivity index (χ2v) is 5.36. The van der Waals surface area contributed by atoms with Gasteiger partial charge in [-0.05, 0) is 18.6 Å². The van der Waals surface area contributed by atoms with Gasteiger partial charge in [0.1, 0.15) is 22.6 Å². The van der Waals surface area contributed by atoms with Gasteiger partial charge in [0.15, 0.2) is 0 Å². The minimum absolute atomic E-state index is 0.0534. The lowest BCUT2D eigenvalue weighted by molar-refractivity contribution is -0.137. The van der Waals surface area contributed by atoms with Crippen molar-refractivity contribution in [2.45, 2.75) is 19.1 Å². The number of nitrogens with zero attached hydrogens (tertiary/aromatic N) is 3. The zero-order chi connectivity index (χ0) is 17.2. The Hall–Kier alpha value is -2.26. The summed E-state index contributed by atoms with van der Waals surface area (Å²) < 4.78 is 39.4. The number of hydrogen-bond donors (Lipinski definition) is 0. The second kappa shape index (κ2) is 6.47. The summed E-state index contributed by atoms with van der Waals surface area (Å²) in [6, 6.07) is 11.4. The monoisotopic (exact) mass is 339 g/mol. The summed E-state index contributed by atoms with van der Waals surface area (Å²) in [5, 5.41) is 8.44. The number of aromatic nitrogens is 1. The maximum Gasteiger partial charge on any atom is 0.417 e. The summed E-state index contributed by atoms with van der Waals surface area (Å²) in [5.41, 5.74) is -0.823. The van der Waals surface area contributed by atoms with E-state index in [1.54, 1.807) is 11.9 Å². The summed E-state index contributed by atoms with van der Waals surface area (Å²) >= 11 is 5.78. The molecule has 0 aliphatic heterocycles. The largest absolute Gasteiger partial charge is 0.417 e. The predicted octanol–water partition coefficient (Wildman–Crippen LogP) is 4.82. The predicted molar refractivity (Wildman–Crippen MR) is 82.2 cm³/mol. The van der Waals surface area contributed by atoms with Gasteiger partial charge in [0, 0.05) is 7.05 Å². The molecule has 0 amide bonds. The van der Waals surface area contributed by atoms with Crippen molar-refractivity contribution in [2.24, 2.45) is 0 Å². The third-order valence-electron chi connectivity index (χ3n) is 3.60. The number of hydrogen-bond acceptors (Lipinski definition) is 3. The van der Waals surface area contributed by atoms with Crippen molar-refractivity contribution in [3.63, 3.8) is 0 Å². The highest BCUT2D eigenvalue weighted by Crippen LogP contribution is 2.37. The molecular weight excluding hydrogens is 327 g/mol. The maximum absolute atomic E-state index is 13.1. The van der Waals surface area contributed by atoms with Crippen LogP contribution in [0.4, 0.5) is 19.0 Å². The molecule has 0 saturated heterocycles. The van der Waals surface area contributed by atoms with Crippen molar-refractivity contribution < 1.29 is 13.2 Å². The zero-order valence-corrected chi connectivity index (χ0v) is 13.2. The van der Waals surface area contributed by atoms with Gasteiger partial charge < -0.3 is 4.90 Å². The van der Waals surface area contributed by atoms with Gasteiger partial charge in [0.2, 0.25) is 0 Å². The first-order valence-electron chi connectivity index (χ1n) is 6.71. The van der Waals surface area contributed by atoms with Crippen LogP contribution in [0, 0.1) is 11.3 Å². The summed E-state index contributed by atoms with van der Waals surface area (Å²) in [7, 11) is 1.63. The first-order chi connectivity index (χ1) is 10.8. The molecule has 7 heteroatoms. The molecule has 0 N–H and O–H groups in total. The van der Waals surface area contributed by atoms with Gasteiger partial charge in [-0.1, -0.05) is 41.9 Å². The highest BCUT2D eigenvalue weighted by molar-refractivity contribution is 6.30. The summed E-state index contributed by atoms with van der Waals surface area (Å²) in [4.78, 5) is 5.51. The van der Waals surface area contributed by atoms with Crippen molar-refractivity contribution in [2.75, 3.05) is 11.9 Å². The smallest absolute Gasteiger partial charge is 0.353 e. The zero-order valence-electron chi connectivity index (χ0n) is 12.4. The van der Waals surface area contributed by atoms with Gasteiger partial charge in [0.05, 0.1) is 11.6 Å². The van der Waals surface area contributed by atoms with Crippen LogP contribution in [0.25, 0.3) is 0 Å². The Bertz CT molecular complexity index is 739. The molecule has 2 rings (SSSR count). The number of anilines is 1. The van der Waals surface area contributed by atoms with Crippen LogP contribution >= 0.6 is 11.6 Å². The van der Waals surface area contributed by atoms with Crippen LogP contribution in [0.15, 0.2) is 36.4 Å². The standard InChI is InChI=1S/C16H13ClF3N3/c1-10(11-6-4-3-5-7-11)23(2)14-8-13(16(18,19)20)12(9-21)15(17)22-14/h3-8,10H,1-2H3. The normalized spacial score (nSPS) is 12.6. The summed E-state index contributed by atoms with van der Waals surface area (Å²) in [6.07, 6.45) is -4.68. The van der Waals surface area contributed by atoms with E-state index in [1.807, 2.05) is 37.3 Å². The molecule has 0 radical (unpaired) electrons. The fourth-order valence-corrected chi connectivity index (χ4v) is 2.40. The molecule has 3 nitrogen and oxygen atoms in total. The quantitative estimate of drug-likeness (QED) is 0.752. The van der Waals surface area contributed by atoms with E-state index < -0.39 is 22.5 Å². The highest BCUT2D eigenvalue weighted by Gasteiger charge is 2.36. The number of alkyl halides is 3. The molecule has 1 heterocycles. The van der Waals surface area contributed by atoms with E-state index in [2.05, 4.69) is 4.98 Å². The van der Waals surface area contributed by atoms with Gasteiger partial charge in [0.25, 0.3) is 0 Å². The Labute approximate surface area is 136 Å². The molecule has 0 aliphatic carbocycles. The SMILES string of the molecule is CC(c1ccccc1)N(C)c1cc(C(F)(F)F)c(C#N)c(Cl)n1. The van der Waals surface area contributed by atoms with Crippen LogP contribution in [0.3, 0.4) is 0 Å². The third-order valence-corrected chi connectivity index (χ3v) is 3.88. The molecule has 0 spiro atoms. The fourth-order valence-electron chi connectivity index (χ4n) is 2.17. The molecular formula is C16H13ClF3N3. The molecule has 1 atom stereocenters. The van der Waals surface area contributed by atoms with E-state index in [0.717, 1.165) is 11.6 Å². The lowest BCUT2D eigenvalue weighted by Crippen LogP contribution is -2.24. The average molecular weight is 340 g/mol. The lowest BCUT2D eigenvalue weighted by atomic mass is 10.1. The van der Waals surface area contributed by atoms with Crippen LogP contribution in [-0.4, -0.2) is 12.0 Å². The Kier molecular flexibility index (Phi) is 4.81. The molecule has 1 unspecified atom stereocenters. The lowest BCUT2D eigenvalue weighted by Gasteiger charge is -2.27. The minimum Gasteiger partial charge on any atom is -0.353 e. The van der Waals surface area contributed by atoms with Crippen LogP contribution in [-0.2, 0) is 6.18 Å². The number of halogens is 4. The van der Waals surface area contributed by atoms with Crippen LogP contribution in [0.5, 0.6) is 0 Å². The maximum atomic E-state index is 13.1. The van der Waals surface area contributed by atoms with E-state index in [0.29, 0.717) is 0 Å². The van der Waals surface area contributed by atoms with Crippen LogP contribution in [0.2, 0.25) is 5.15 Å². The Balaban J connectivity index is 2.48. The Morgan fingerprint density at radius 3 is 2.39 bits per heavy atom. The van der Waals surface area contributed by atoms with Crippen LogP contribution in [0.1, 0.15) is 29.7 Å². The first kappa shape index (κ1) is 17.1. The van der Waals surface area contributed by atoms with Gasteiger partial charge in [-0.2, -0.15) is 18.4 Å². The molecule has 1 aromatic heterocycles. The molecule has 120 valence electrons. The molecule has 0 aliphatic rings. The molecule has 0 bridgehead atoms. The van der Waals surface area contributed by atoms with Crippen LogP contribution < -0.4 is 4.90 Å². The van der Waals surface area contributed by atoms with Crippen molar-refractivity contribution >= 4 is 17.4 Å². The number of benzene rings is 1. The van der Waals surface area contributed by atoms with E-state index in [-0.39, 0.29) is 11.9 Å². The Morgan fingerprint density at radius 2 is 1.87 bits per heavy atom. The number of pyridine rings is 1. The van der Waals surface area contributed by atoms with Crippen molar-refractivity contribution in [3.8, 4) is 6.07 Å². The first-order valence-corrected chi connectivity index (χ1v) is 7.09. The van der Waals surface area contributed by atoms with E-state index in [4.69, 9.17) is 16.9 Å². The topological polar surface area (TPSA) is 39.9 Å². The molecule has 0 saturated carbocycles. The fraction of sp³-hybridized carbons (Fsp3) is 0.250. The van der Waals surface area contributed by atoms with Crippen molar-refractivity contribution in [3.05, 3.63) is 58.2 Å². The van der Waals surface area contributed by atoms with E-state index in [1.165, 1.54) is 6.07 Å². The van der Waals surface area contributed by atoms with E-state index >= 15 is 0 Å². The van der Waals surface area contributed by atoms with E-state index in [9.17, 15) is 13.2 Å². The number of rotatable bonds is 3. The van der Waals surface area contributed by atoms with Gasteiger partial charge in [-0.25, -0.2) is 4.98 Å². The minimum atomic E-state index is -4.68. The third kappa shape index (κ3) is 3.57. The highest BCUT2D eigenvalue weighted by atomic mass is 35.5. The summed E-state index contributed by atoms with van der Waals surface area (Å²) in [6.45, 7) is 1.84. The Morgan fingerprint density at radius 1 is 1.26 bits per heavy atom. The molecule has 2 aromatic rings. The van der Waals surface area contributed by atoms with Gasteiger partial charge in [-0.3, -0.25) is 0 Å².